The smallest absolute Gasteiger partial charge is 0.334 e. The number of esters is 1. The van der Waals surface area contributed by atoms with Gasteiger partial charge in [0.25, 0.3) is 0 Å². The molecular weight excluding hydrogens is 484 g/mol. The third kappa shape index (κ3) is 5.74. The van der Waals surface area contributed by atoms with Crippen LogP contribution in [0.4, 0.5) is 0 Å². The predicted molar refractivity (Wildman–Crippen MR) is 156 cm³/mol. The van der Waals surface area contributed by atoms with Crippen molar-refractivity contribution in [1.29, 1.82) is 0 Å². The number of carbonyl (C=O) groups is 1. The first-order chi connectivity index (χ1) is 18.7. The average Bonchev–Trinajstić information content (AvgIpc) is 3.40. The summed E-state index contributed by atoms with van der Waals surface area (Å²) in [7, 11) is 0. The first-order valence-electron chi connectivity index (χ1n) is 15.1. The number of carbonyl (C=O) groups excluding carboxylic acids is 1. The predicted octanol–water partition coefficient (Wildman–Crippen LogP) is 6.88. The summed E-state index contributed by atoms with van der Waals surface area (Å²) in [5.74, 6) is 1.49. The number of aliphatic hydroxyl groups is 2. The molecule has 1 aliphatic heterocycles. The van der Waals surface area contributed by atoms with Gasteiger partial charge in [-0.3, -0.25) is 0 Å². The van der Waals surface area contributed by atoms with E-state index in [0.717, 1.165) is 36.8 Å². The van der Waals surface area contributed by atoms with Gasteiger partial charge in [-0.05, 0) is 97.7 Å². The topological polar surface area (TPSA) is 66.8 Å². The zero-order valence-electron chi connectivity index (χ0n) is 23.8. The molecule has 4 nitrogen and oxygen atoms in total. The van der Waals surface area contributed by atoms with Gasteiger partial charge in [0.1, 0.15) is 6.10 Å². The Bertz CT molecular complexity index is 1150. The van der Waals surface area contributed by atoms with Crippen LogP contribution in [0.2, 0.25) is 0 Å². The Balaban J connectivity index is 1.27. The van der Waals surface area contributed by atoms with Crippen molar-refractivity contribution in [3.8, 4) is 0 Å². The molecule has 4 aliphatic rings. The van der Waals surface area contributed by atoms with Crippen LogP contribution in [-0.4, -0.2) is 34.5 Å². The Kier molecular flexibility index (Phi) is 8.35. The summed E-state index contributed by atoms with van der Waals surface area (Å²) in [5, 5.41) is 20.4. The van der Waals surface area contributed by atoms with Gasteiger partial charge in [0, 0.05) is 17.9 Å². The zero-order chi connectivity index (χ0) is 27.7. The number of benzene rings is 1. The summed E-state index contributed by atoms with van der Waals surface area (Å²) in [4.78, 5) is 12.5. The van der Waals surface area contributed by atoms with E-state index in [0.29, 0.717) is 36.2 Å². The minimum Gasteiger partial charge on any atom is -0.458 e. The van der Waals surface area contributed by atoms with Crippen LogP contribution in [0.15, 0.2) is 77.9 Å². The van der Waals surface area contributed by atoms with Crippen molar-refractivity contribution < 1.29 is 19.7 Å². The van der Waals surface area contributed by atoms with E-state index < -0.39 is 12.2 Å². The Labute approximate surface area is 234 Å². The molecule has 1 saturated heterocycles. The molecule has 0 radical (unpaired) electrons. The molecule has 8 atom stereocenters. The molecule has 0 spiro atoms. The second-order valence-corrected chi connectivity index (χ2v) is 13.0. The highest BCUT2D eigenvalue weighted by molar-refractivity contribution is 5.90. The van der Waals surface area contributed by atoms with E-state index in [1.807, 2.05) is 6.07 Å². The molecule has 0 amide bonds. The van der Waals surface area contributed by atoms with Crippen LogP contribution < -0.4 is 0 Å². The molecule has 2 unspecified atom stereocenters. The number of fused-ring (bicyclic) bond motifs is 1. The van der Waals surface area contributed by atoms with E-state index in [2.05, 4.69) is 63.4 Å². The first kappa shape index (κ1) is 28.1. The maximum atomic E-state index is 12.5. The molecule has 39 heavy (non-hydrogen) atoms. The molecule has 4 heteroatoms. The second kappa shape index (κ2) is 11.6. The molecular formula is C35H46O4. The Morgan fingerprint density at radius 2 is 1.90 bits per heavy atom. The number of ether oxygens (including phenoxy) is 1. The Morgan fingerprint density at radius 1 is 1.13 bits per heavy atom. The van der Waals surface area contributed by atoms with Crippen molar-refractivity contribution in [3.63, 3.8) is 0 Å². The summed E-state index contributed by atoms with van der Waals surface area (Å²) >= 11 is 0. The van der Waals surface area contributed by atoms with Gasteiger partial charge in [0.15, 0.2) is 0 Å². The normalized spacial score (nSPS) is 37.8. The molecule has 4 fully saturated rings. The molecule has 0 aromatic heterocycles. The fraction of sp³-hybridized carbons (Fsp3) is 0.571. The summed E-state index contributed by atoms with van der Waals surface area (Å²) in [6.45, 7) is 13.1. The van der Waals surface area contributed by atoms with Gasteiger partial charge in [-0.1, -0.05) is 75.1 Å². The van der Waals surface area contributed by atoms with Gasteiger partial charge >= 0.3 is 5.97 Å². The van der Waals surface area contributed by atoms with E-state index in [-0.39, 0.29) is 23.4 Å². The lowest BCUT2D eigenvalue weighted by Crippen LogP contribution is -2.37. The van der Waals surface area contributed by atoms with Gasteiger partial charge in [0.05, 0.1) is 12.2 Å². The van der Waals surface area contributed by atoms with E-state index in [9.17, 15) is 15.0 Å². The van der Waals surface area contributed by atoms with Crippen molar-refractivity contribution >= 4 is 5.97 Å². The SMILES string of the molecule is C=C1C(=O)OC(C[C@@H](C)[C@H]2CC[C@H]3/C(=C/C=C4/C[C@@H](O)C[C@H](O)C4=C)CCC[C@]23C)C1CCc1ccccc1. The number of aryl methyl sites for hydroxylation is 1. The fourth-order valence-corrected chi connectivity index (χ4v) is 8.42. The summed E-state index contributed by atoms with van der Waals surface area (Å²) < 4.78 is 5.92. The van der Waals surface area contributed by atoms with Crippen LogP contribution in [0.3, 0.4) is 0 Å². The lowest BCUT2D eigenvalue weighted by Gasteiger charge is -2.45. The third-order valence-corrected chi connectivity index (χ3v) is 10.6. The van der Waals surface area contributed by atoms with E-state index in [1.165, 1.54) is 36.8 Å². The lowest BCUT2D eigenvalue weighted by molar-refractivity contribution is -0.140. The van der Waals surface area contributed by atoms with Crippen LogP contribution >= 0.6 is 0 Å². The molecule has 5 rings (SSSR count). The molecule has 1 aromatic carbocycles. The number of aliphatic hydroxyl groups excluding tert-OH is 2. The third-order valence-electron chi connectivity index (χ3n) is 10.6. The molecule has 2 N–H and O–H groups in total. The summed E-state index contributed by atoms with van der Waals surface area (Å²) in [6.07, 6.45) is 12.8. The minimum absolute atomic E-state index is 0.0788. The lowest BCUT2D eigenvalue weighted by atomic mass is 9.60. The van der Waals surface area contributed by atoms with Crippen molar-refractivity contribution in [3.05, 3.63) is 83.5 Å². The van der Waals surface area contributed by atoms with E-state index in [1.54, 1.807) is 0 Å². The van der Waals surface area contributed by atoms with E-state index in [4.69, 9.17) is 4.74 Å². The van der Waals surface area contributed by atoms with Crippen molar-refractivity contribution in [2.75, 3.05) is 0 Å². The minimum atomic E-state index is -0.649. The molecule has 1 aromatic rings. The van der Waals surface area contributed by atoms with Crippen molar-refractivity contribution in [2.45, 2.75) is 96.4 Å². The van der Waals surface area contributed by atoms with Gasteiger partial charge in [0.2, 0.25) is 0 Å². The van der Waals surface area contributed by atoms with Gasteiger partial charge in [-0.25, -0.2) is 4.79 Å². The van der Waals surface area contributed by atoms with Gasteiger partial charge < -0.3 is 14.9 Å². The quantitative estimate of drug-likeness (QED) is 0.298. The zero-order valence-corrected chi connectivity index (χ0v) is 23.8. The largest absolute Gasteiger partial charge is 0.458 e. The molecule has 210 valence electrons. The number of hydrogen-bond acceptors (Lipinski definition) is 4. The van der Waals surface area contributed by atoms with E-state index >= 15 is 0 Å². The number of rotatable bonds is 7. The Hall–Kier alpha value is -2.43. The van der Waals surface area contributed by atoms with Crippen molar-refractivity contribution in [2.24, 2.45) is 29.1 Å². The van der Waals surface area contributed by atoms with Crippen LogP contribution in [0, 0.1) is 29.1 Å². The van der Waals surface area contributed by atoms with Gasteiger partial charge in [-0.15, -0.1) is 0 Å². The van der Waals surface area contributed by atoms with Gasteiger partial charge in [-0.2, -0.15) is 0 Å². The highest BCUT2D eigenvalue weighted by Crippen LogP contribution is 2.60. The molecule has 0 bridgehead atoms. The van der Waals surface area contributed by atoms with Crippen LogP contribution in [-0.2, 0) is 16.0 Å². The summed E-state index contributed by atoms with van der Waals surface area (Å²) in [6, 6.07) is 10.5. The highest BCUT2D eigenvalue weighted by atomic mass is 16.6. The van der Waals surface area contributed by atoms with Crippen LogP contribution in [0.1, 0.15) is 77.2 Å². The number of hydrogen-bond donors (Lipinski definition) is 2. The molecule has 1 heterocycles. The number of allylic oxidation sites excluding steroid dienone is 3. The van der Waals surface area contributed by atoms with Crippen molar-refractivity contribution in [1.82, 2.24) is 0 Å². The summed E-state index contributed by atoms with van der Waals surface area (Å²) in [5.41, 5.74) is 5.42. The highest BCUT2D eigenvalue weighted by Gasteiger charge is 2.51. The van der Waals surface area contributed by atoms with Crippen LogP contribution in [0.25, 0.3) is 0 Å². The Morgan fingerprint density at radius 3 is 2.67 bits per heavy atom. The van der Waals surface area contributed by atoms with Crippen LogP contribution in [0.5, 0.6) is 0 Å². The standard InChI is InChI=1S/C35H46O4/c1-22(19-33-29(24(3)34(38)39-33)15-12-25-9-6-5-7-10-25)30-16-17-31-26(11-8-18-35(30,31)4)13-14-27-20-28(36)21-32(37)23(27)2/h5-7,9-10,13-14,22,28-33,36-37H,2-3,8,11-12,15-21H2,1,4H3/b26-13+,27-14-/t22-,28-,29?,30-,31+,32+,33?,35-/m1/s1. The maximum absolute atomic E-state index is 12.5. The second-order valence-electron chi connectivity index (χ2n) is 13.0. The average molecular weight is 531 g/mol. The fourth-order valence-electron chi connectivity index (χ4n) is 8.42. The monoisotopic (exact) mass is 530 g/mol. The molecule has 3 aliphatic carbocycles. The number of cyclic esters (lactones) is 1. The first-order valence-corrected chi connectivity index (χ1v) is 15.1. The molecule has 3 saturated carbocycles. The maximum Gasteiger partial charge on any atom is 0.334 e.